The summed E-state index contributed by atoms with van der Waals surface area (Å²) in [6, 6.07) is 6.96. The topological polar surface area (TPSA) is 79.8 Å². The van der Waals surface area contributed by atoms with E-state index in [1.165, 1.54) is 6.42 Å². The molecular formula is C15H21N3O3S. The van der Waals surface area contributed by atoms with Gasteiger partial charge in [-0.25, -0.2) is 0 Å². The maximum Gasteiger partial charge on any atom is 0.286 e. The third-order valence-electron chi connectivity index (χ3n) is 4.04. The number of anilines is 1. The molecule has 2 atom stereocenters. The number of ether oxygens (including phenoxy) is 1. The minimum absolute atomic E-state index is 0.157. The molecule has 3 rings (SSSR count). The number of nitrogens with zero attached hydrogens (tertiary/aromatic N) is 1. The van der Waals surface area contributed by atoms with Crippen LogP contribution in [0.15, 0.2) is 33.6 Å². The lowest BCUT2D eigenvalue weighted by Crippen LogP contribution is -2.44. The van der Waals surface area contributed by atoms with Gasteiger partial charge >= 0.3 is 0 Å². The summed E-state index contributed by atoms with van der Waals surface area (Å²) in [7, 11) is -3.61. The summed E-state index contributed by atoms with van der Waals surface area (Å²) < 4.78 is 33.9. The largest absolute Gasteiger partial charge is 0.377 e. The molecule has 0 aromatic heterocycles. The SMILES string of the molecule is CC(NCC1=NS(=O)(=O)c2ccccc2N1)C1CCCCO1. The molecule has 2 aliphatic heterocycles. The molecule has 1 fully saturated rings. The van der Waals surface area contributed by atoms with Gasteiger partial charge in [-0.2, -0.15) is 8.42 Å². The van der Waals surface area contributed by atoms with Gasteiger partial charge in [-0.1, -0.05) is 12.1 Å². The average molecular weight is 323 g/mol. The van der Waals surface area contributed by atoms with E-state index in [4.69, 9.17) is 4.74 Å². The fourth-order valence-electron chi connectivity index (χ4n) is 2.79. The highest BCUT2D eigenvalue weighted by Gasteiger charge is 2.25. The number of nitrogens with one attached hydrogen (secondary N) is 2. The van der Waals surface area contributed by atoms with E-state index in [-0.39, 0.29) is 17.0 Å². The molecule has 1 aromatic rings. The molecule has 6 nitrogen and oxygen atoms in total. The van der Waals surface area contributed by atoms with Crippen molar-refractivity contribution in [3.05, 3.63) is 24.3 Å². The average Bonchev–Trinajstić information content (AvgIpc) is 2.53. The number of hydrogen-bond donors (Lipinski definition) is 2. The first-order chi connectivity index (χ1) is 10.6. The van der Waals surface area contributed by atoms with Crippen molar-refractivity contribution in [3.8, 4) is 0 Å². The molecule has 0 spiro atoms. The van der Waals surface area contributed by atoms with E-state index >= 15 is 0 Å². The summed E-state index contributed by atoms with van der Waals surface area (Å²) in [6.45, 7) is 3.23. The lowest BCUT2D eigenvalue weighted by Gasteiger charge is -2.29. The Balaban J connectivity index is 1.65. The quantitative estimate of drug-likeness (QED) is 0.882. The van der Waals surface area contributed by atoms with Crippen molar-refractivity contribution in [2.75, 3.05) is 18.5 Å². The zero-order valence-corrected chi connectivity index (χ0v) is 13.4. The third kappa shape index (κ3) is 3.31. The van der Waals surface area contributed by atoms with Crippen molar-refractivity contribution < 1.29 is 13.2 Å². The molecule has 7 heteroatoms. The number of amidine groups is 1. The van der Waals surface area contributed by atoms with E-state index in [9.17, 15) is 8.42 Å². The van der Waals surface area contributed by atoms with Crippen molar-refractivity contribution >= 4 is 21.5 Å². The Morgan fingerprint density at radius 3 is 3.00 bits per heavy atom. The van der Waals surface area contributed by atoms with E-state index in [1.54, 1.807) is 24.3 Å². The predicted octanol–water partition coefficient (Wildman–Crippen LogP) is 1.75. The van der Waals surface area contributed by atoms with Crippen LogP contribution in [-0.2, 0) is 14.8 Å². The van der Waals surface area contributed by atoms with E-state index in [0.717, 1.165) is 19.4 Å². The molecule has 0 radical (unpaired) electrons. The van der Waals surface area contributed by atoms with Crippen LogP contribution >= 0.6 is 0 Å². The summed E-state index contributed by atoms with van der Waals surface area (Å²) >= 11 is 0. The predicted molar refractivity (Wildman–Crippen MR) is 85.7 cm³/mol. The van der Waals surface area contributed by atoms with Crippen LogP contribution in [0.5, 0.6) is 0 Å². The van der Waals surface area contributed by atoms with Crippen molar-refractivity contribution in [1.29, 1.82) is 0 Å². The normalized spacial score (nSPS) is 24.8. The number of sulfonamides is 1. The maximum absolute atomic E-state index is 12.1. The Hall–Kier alpha value is -1.44. The van der Waals surface area contributed by atoms with Gasteiger partial charge in [0, 0.05) is 12.6 Å². The Kier molecular flexibility index (Phi) is 4.46. The van der Waals surface area contributed by atoms with Gasteiger partial charge in [-0.3, -0.25) is 0 Å². The molecule has 1 saturated heterocycles. The zero-order valence-electron chi connectivity index (χ0n) is 12.6. The number of fused-ring (bicyclic) bond motifs is 1. The Bertz CT molecular complexity index is 666. The van der Waals surface area contributed by atoms with Crippen LogP contribution in [0.4, 0.5) is 5.69 Å². The molecule has 2 heterocycles. The van der Waals surface area contributed by atoms with E-state index < -0.39 is 10.0 Å². The summed E-state index contributed by atoms with van der Waals surface area (Å²) in [4.78, 5) is 0.224. The third-order valence-corrected chi connectivity index (χ3v) is 5.41. The number of benzene rings is 1. The minimum atomic E-state index is -3.61. The Morgan fingerprint density at radius 2 is 2.23 bits per heavy atom. The van der Waals surface area contributed by atoms with Gasteiger partial charge in [-0.15, -0.1) is 4.40 Å². The standard InChI is InChI=1S/C15H21N3O3S/c1-11(13-7-4-5-9-21-13)16-10-15-17-12-6-2-3-8-14(12)22(19,20)18-15/h2-3,6,8,11,13,16H,4-5,7,9-10H2,1H3,(H,17,18). The second kappa shape index (κ2) is 6.36. The van der Waals surface area contributed by atoms with E-state index in [1.807, 2.05) is 0 Å². The highest BCUT2D eigenvalue weighted by Crippen LogP contribution is 2.26. The lowest BCUT2D eigenvalue weighted by molar-refractivity contribution is -0.00269. The molecular weight excluding hydrogens is 302 g/mol. The summed E-state index contributed by atoms with van der Waals surface area (Å²) in [5, 5.41) is 6.39. The fraction of sp³-hybridized carbons (Fsp3) is 0.533. The molecule has 2 N–H and O–H groups in total. The van der Waals surface area contributed by atoms with Crippen LogP contribution in [0.3, 0.4) is 0 Å². The van der Waals surface area contributed by atoms with Crippen molar-refractivity contribution in [2.24, 2.45) is 4.40 Å². The molecule has 0 bridgehead atoms. The Labute approximate surface area is 131 Å². The van der Waals surface area contributed by atoms with Crippen molar-refractivity contribution in [2.45, 2.75) is 43.2 Å². The second-order valence-electron chi connectivity index (χ2n) is 5.71. The van der Waals surface area contributed by atoms with E-state index in [2.05, 4.69) is 22.0 Å². The fourth-order valence-corrected chi connectivity index (χ4v) is 3.94. The van der Waals surface area contributed by atoms with E-state index in [0.29, 0.717) is 18.1 Å². The molecule has 2 aliphatic rings. The van der Waals surface area contributed by atoms with Crippen LogP contribution in [0.25, 0.3) is 0 Å². The van der Waals surface area contributed by atoms with Gasteiger partial charge in [0.15, 0.2) is 0 Å². The zero-order chi connectivity index (χ0) is 15.6. The van der Waals surface area contributed by atoms with Crippen LogP contribution < -0.4 is 10.6 Å². The first kappa shape index (κ1) is 15.5. The van der Waals surface area contributed by atoms with Crippen molar-refractivity contribution in [1.82, 2.24) is 5.32 Å². The molecule has 22 heavy (non-hydrogen) atoms. The Morgan fingerprint density at radius 1 is 1.41 bits per heavy atom. The van der Waals surface area contributed by atoms with Gasteiger partial charge in [-0.05, 0) is 38.3 Å². The molecule has 1 aromatic carbocycles. The summed E-state index contributed by atoms with van der Waals surface area (Å²) in [5.74, 6) is 0.418. The smallest absolute Gasteiger partial charge is 0.286 e. The monoisotopic (exact) mass is 323 g/mol. The molecule has 0 amide bonds. The van der Waals surface area contributed by atoms with Crippen LogP contribution in [0.1, 0.15) is 26.2 Å². The van der Waals surface area contributed by atoms with Crippen LogP contribution in [0.2, 0.25) is 0 Å². The lowest BCUT2D eigenvalue weighted by atomic mass is 10.0. The summed E-state index contributed by atoms with van der Waals surface area (Å²) in [6.07, 6.45) is 3.51. The maximum atomic E-state index is 12.1. The van der Waals surface area contributed by atoms with Gasteiger partial charge in [0.1, 0.15) is 10.7 Å². The number of para-hydroxylation sites is 1. The van der Waals surface area contributed by atoms with Crippen LogP contribution in [-0.4, -0.2) is 39.6 Å². The second-order valence-corrected chi connectivity index (χ2v) is 7.28. The number of rotatable bonds is 4. The molecule has 2 unspecified atom stereocenters. The highest BCUT2D eigenvalue weighted by atomic mass is 32.2. The molecule has 0 saturated carbocycles. The highest BCUT2D eigenvalue weighted by molar-refractivity contribution is 7.90. The van der Waals surface area contributed by atoms with Gasteiger partial charge in [0.05, 0.1) is 18.3 Å². The molecule has 0 aliphatic carbocycles. The first-order valence-corrected chi connectivity index (χ1v) is 9.05. The minimum Gasteiger partial charge on any atom is -0.377 e. The molecule has 120 valence electrons. The van der Waals surface area contributed by atoms with Crippen LogP contribution in [0, 0.1) is 0 Å². The summed E-state index contributed by atoms with van der Waals surface area (Å²) in [5.41, 5.74) is 0.580. The van der Waals surface area contributed by atoms with Gasteiger partial charge in [0.2, 0.25) is 0 Å². The van der Waals surface area contributed by atoms with Gasteiger partial charge in [0.25, 0.3) is 10.0 Å². The number of hydrogen-bond acceptors (Lipinski definition) is 5. The van der Waals surface area contributed by atoms with Gasteiger partial charge < -0.3 is 15.4 Å². The van der Waals surface area contributed by atoms with Crippen molar-refractivity contribution in [3.63, 3.8) is 0 Å². The first-order valence-electron chi connectivity index (χ1n) is 7.61.